The van der Waals surface area contributed by atoms with E-state index in [1.165, 1.54) is 19.4 Å². The lowest BCUT2D eigenvalue weighted by atomic mass is 9.35. The monoisotopic (exact) mass is 574 g/mol. The van der Waals surface area contributed by atoms with Crippen molar-refractivity contribution in [3.63, 3.8) is 0 Å². The normalized spacial score (nSPS) is 50.1. The van der Waals surface area contributed by atoms with Crippen LogP contribution in [0.25, 0.3) is 0 Å². The van der Waals surface area contributed by atoms with Crippen LogP contribution in [0.2, 0.25) is 0 Å². The molecule has 0 radical (unpaired) electrons. The number of hydrogen-bond donors (Lipinski definition) is 3. The molecule has 0 aromatic rings. The van der Waals surface area contributed by atoms with E-state index in [1.54, 1.807) is 0 Å². The Morgan fingerprint density at radius 1 is 0.951 bits per heavy atom. The second kappa shape index (κ2) is 9.79. The highest BCUT2D eigenvalue weighted by Crippen LogP contribution is 2.76. The van der Waals surface area contributed by atoms with E-state index in [0.717, 1.165) is 19.3 Å². The van der Waals surface area contributed by atoms with Gasteiger partial charge in [-0.2, -0.15) is 0 Å². The summed E-state index contributed by atoms with van der Waals surface area (Å²) in [6.45, 7) is 18.6. The van der Waals surface area contributed by atoms with Crippen molar-refractivity contribution in [2.45, 2.75) is 125 Å². The molecule has 5 rings (SSSR count). The highest BCUT2D eigenvalue weighted by Gasteiger charge is 2.73. The first-order valence-electron chi connectivity index (χ1n) is 15.9. The zero-order valence-electron chi connectivity index (χ0n) is 26.7. The molecule has 7 nitrogen and oxygen atoms in total. The van der Waals surface area contributed by atoms with Gasteiger partial charge in [-0.25, -0.2) is 0 Å². The van der Waals surface area contributed by atoms with Gasteiger partial charge in [0.25, 0.3) is 0 Å². The molecule has 0 aliphatic heterocycles. The van der Waals surface area contributed by atoms with Crippen molar-refractivity contribution in [3.8, 4) is 0 Å². The van der Waals surface area contributed by atoms with E-state index in [4.69, 9.17) is 9.47 Å². The molecule has 0 amide bonds. The first-order chi connectivity index (χ1) is 18.9. The van der Waals surface area contributed by atoms with Crippen molar-refractivity contribution < 1.29 is 34.4 Å². The third-order valence-corrected chi connectivity index (χ3v) is 13.7. The van der Waals surface area contributed by atoms with Gasteiger partial charge in [0, 0.05) is 31.1 Å². The summed E-state index contributed by atoms with van der Waals surface area (Å²) in [6, 6.07) is 0. The maximum atomic E-state index is 12.1. The van der Waals surface area contributed by atoms with Gasteiger partial charge in [0.15, 0.2) is 0 Å². The third kappa shape index (κ3) is 4.14. The van der Waals surface area contributed by atoms with E-state index in [-0.39, 0.29) is 57.3 Å². The Morgan fingerprint density at radius 2 is 1.61 bits per heavy atom. The summed E-state index contributed by atoms with van der Waals surface area (Å²) in [5.74, 6) is -0.215. The lowest BCUT2D eigenvalue weighted by Gasteiger charge is -2.70. The van der Waals surface area contributed by atoms with Crippen LogP contribution in [0.3, 0.4) is 0 Å². The van der Waals surface area contributed by atoms with E-state index in [1.807, 2.05) is 13.8 Å². The summed E-state index contributed by atoms with van der Waals surface area (Å²) >= 11 is 0. The molecule has 4 fully saturated rings. The van der Waals surface area contributed by atoms with Crippen LogP contribution in [-0.2, 0) is 19.1 Å². The standard InChI is InChI=1S/C34H54O7/c1-18(2)22-14-24(38)28-33(9)11-10-21-27(32(33,8)12-13-34(22,28)17-40-19(3)35)23(37)15-26-30(5,6)29(39)25(41-20(4)36)16-31(21,26)7/h10,18,22-29,37-39H,11-17H2,1-9H3/t22-,23-,24+,25+,26?,27?,28?,29-,31+,32-,33+,34+/m0/s1. The predicted octanol–water partition coefficient (Wildman–Crippen LogP) is 5.05. The van der Waals surface area contributed by atoms with Gasteiger partial charge in [-0.05, 0) is 77.9 Å². The summed E-state index contributed by atoms with van der Waals surface area (Å²) in [5.41, 5.74) is -0.580. The summed E-state index contributed by atoms with van der Waals surface area (Å²) in [5, 5.41) is 35.2. The van der Waals surface area contributed by atoms with Crippen LogP contribution >= 0.6 is 0 Å². The minimum absolute atomic E-state index is 0.0244. The van der Waals surface area contributed by atoms with Crippen molar-refractivity contribution in [3.05, 3.63) is 11.6 Å². The van der Waals surface area contributed by atoms with Crippen molar-refractivity contribution in [1.29, 1.82) is 0 Å². The molecule has 0 aromatic carbocycles. The molecular weight excluding hydrogens is 520 g/mol. The van der Waals surface area contributed by atoms with Crippen molar-refractivity contribution in [2.75, 3.05) is 6.61 Å². The second-order valence-corrected chi connectivity index (χ2v) is 16.2. The highest BCUT2D eigenvalue weighted by molar-refractivity contribution is 5.66. The number of carbonyl (C=O) groups is 2. The SMILES string of the molecule is CC(=O)OC[C@@]12CC[C@@]3(C)C4C(=CC[C@]3(C)C1[C@H](O)C[C@H]2C(C)C)[C@@]1(C)C[C@@H](OC(C)=O)[C@H](O)C(C)(C)C1C[C@@H]4O. The molecule has 5 aliphatic rings. The number of hydrogen-bond acceptors (Lipinski definition) is 7. The molecule has 0 heterocycles. The number of rotatable bonds is 4. The number of esters is 2. The molecule has 12 atom stereocenters. The molecule has 7 heteroatoms. The molecule has 0 aromatic heterocycles. The van der Waals surface area contributed by atoms with Crippen LogP contribution in [0.5, 0.6) is 0 Å². The number of ether oxygens (including phenoxy) is 2. The largest absolute Gasteiger partial charge is 0.465 e. The maximum absolute atomic E-state index is 12.1. The van der Waals surface area contributed by atoms with Gasteiger partial charge in [0.05, 0.1) is 24.9 Å². The minimum Gasteiger partial charge on any atom is -0.465 e. The van der Waals surface area contributed by atoms with Crippen molar-refractivity contribution >= 4 is 11.9 Å². The first kappa shape index (κ1) is 31.0. The van der Waals surface area contributed by atoms with Crippen LogP contribution < -0.4 is 0 Å². The lowest BCUT2D eigenvalue weighted by molar-refractivity contribution is -0.227. The molecule has 41 heavy (non-hydrogen) atoms. The number of allylic oxidation sites excluding steroid dienone is 1. The Balaban J connectivity index is 1.62. The zero-order chi connectivity index (χ0) is 30.5. The Kier molecular flexibility index (Phi) is 7.40. The van der Waals surface area contributed by atoms with Crippen molar-refractivity contribution in [2.24, 2.45) is 56.7 Å². The molecular formula is C34H54O7. The molecule has 4 saturated carbocycles. The number of aliphatic hydroxyl groups excluding tert-OH is 3. The molecule has 0 saturated heterocycles. The molecule has 3 N–H and O–H groups in total. The maximum Gasteiger partial charge on any atom is 0.302 e. The summed E-state index contributed by atoms with van der Waals surface area (Å²) in [4.78, 5) is 24.1. The van der Waals surface area contributed by atoms with Gasteiger partial charge < -0.3 is 24.8 Å². The van der Waals surface area contributed by atoms with E-state index in [0.29, 0.717) is 31.8 Å². The number of aliphatic hydroxyl groups is 3. The molecule has 0 spiro atoms. The van der Waals surface area contributed by atoms with Gasteiger partial charge in [0.1, 0.15) is 6.10 Å². The zero-order valence-corrected chi connectivity index (χ0v) is 26.7. The molecule has 0 bridgehead atoms. The smallest absolute Gasteiger partial charge is 0.302 e. The van der Waals surface area contributed by atoms with E-state index in [9.17, 15) is 24.9 Å². The van der Waals surface area contributed by atoms with Gasteiger partial charge >= 0.3 is 11.9 Å². The number of carbonyl (C=O) groups excluding carboxylic acids is 2. The Labute approximate surface area is 246 Å². The fourth-order valence-electron chi connectivity index (χ4n) is 11.9. The average Bonchev–Trinajstić information content (AvgIpc) is 3.17. The van der Waals surface area contributed by atoms with Crippen LogP contribution in [0, 0.1) is 56.7 Å². The van der Waals surface area contributed by atoms with E-state index in [2.05, 4.69) is 40.7 Å². The summed E-state index contributed by atoms with van der Waals surface area (Å²) in [6.07, 6.45) is 4.13. The first-order valence-corrected chi connectivity index (χ1v) is 15.9. The van der Waals surface area contributed by atoms with Gasteiger partial charge in [-0.3, -0.25) is 9.59 Å². The Morgan fingerprint density at radius 3 is 2.20 bits per heavy atom. The predicted molar refractivity (Wildman–Crippen MR) is 155 cm³/mol. The van der Waals surface area contributed by atoms with Gasteiger partial charge in [-0.1, -0.05) is 60.1 Å². The van der Waals surface area contributed by atoms with Gasteiger partial charge in [-0.15, -0.1) is 0 Å². The Bertz CT molecular complexity index is 1110. The van der Waals surface area contributed by atoms with Crippen LogP contribution in [-0.4, -0.2) is 58.3 Å². The quantitative estimate of drug-likeness (QED) is 0.318. The highest BCUT2D eigenvalue weighted by atomic mass is 16.6. The van der Waals surface area contributed by atoms with Crippen LogP contribution in [0.1, 0.15) is 101 Å². The fourth-order valence-corrected chi connectivity index (χ4v) is 11.9. The van der Waals surface area contributed by atoms with E-state index >= 15 is 0 Å². The lowest BCUT2D eigenvalue weighted by Crippen LogP contribution is -2.68. The molecule has 5 aliphatic carbocycles. The van der Waals surface area contributed by atoms with Crippen LogP contribution in [0.4, 0.5) is 0 Å². The van der Waals surface area contributed by atoms with Crippen molar-refractivity contribution in [1.82, 2.24) is 0 Å². The minimum atomic E-state index is -0.809. The Hall–Kier alpha value is -1.44. The second-order valence-electron chi connectivity index (χ2n) is 16.2. The molecule has 232 valence electrons. The van der Waals surface area contributed by atoms with Gasteiger partial charge in [0.2, 0.25) is 0 Å². The average molecular weight is 575 g/mol. The summed E-state index contributed by atoms with van der Waals surface area (Å²) < 4.78 is 11.5. The summed E-state index contributed by atoms with van der Waals surface area (Å²) in [7, 11) is 0. The van der Waals surface area contributed by atoms with E-state index < -0.39 is 29.8 Å². The topological polar surface area (TPSA) is 113 Å². The fraction of sp³-hybridized carbons (Fsp3) is 0.882. The van der Waals surface area contributed by atoms with Crippen LogP contribution in [0.15, 0.2) is 11.6 Å². The molecule has 3 unspecified atom stereocenters. The third-order valence-electron chi connectivity index (χ3n) is 13.7. The number of fused-ring (bicyclic) bond motifs is 7.